The maximum absolute atomic E-state index is 5.65. The van der Waals surface area contributed by atoms with E-state index in [9.17, 15) is 0 Å². The maximum atomic E-state index is 5.65. The Morgan fingerprint density at radius 3 is 2.75 bits per heavy atom. The number of nitrogens with one attached hydrogen (secondary N) is 2. The average Bonchev–Trinajstić information content (AvgIpc) is 3.11. The van der Waals surface area contributed by atoms with E-state index in [1.165, 1.54) is 24.1 Å². The van der Waals surface area contributed by atoms with Gasteiger partial charge in [-0.25, -0.2) is 0 Å². The third-order valence-corrected chi connectivity index (χ3v) is 4.56. The lowest BCUT2D eigenvalue weighted by Crippen LogP contribution is -2.43. The molecule has 2 atom stereocenters. The molecule has 0 radical (unpaired) electrons. The lowest BCUT2D eigenvalue weighted by molar-refractivity contribution is 0.105. The Morgan fingerprint density at radius 2 is 2.21 bits per heavy atom. The molecular weight excluding hydrogens is 417 g/mol. The van der Waals surface area contributed by atoms with Crippen molar-refractivity contribution in [2.75, 3.05) is 20.2 Å². The first-order valence-corrected chi connectivity index (χ1v) is 8.59. The van der Waals surface area contributed by atoms with Gasteiger partial charge in [-0.2, -0.15) is 5.10 Å². The molecular formula is C17H32IN5O. The predicted octanol–water partition coefficient (Wildman–Crippen LogP) is 2.32. The number of halogens is 1. The zero-order valence-corrected chi connectivity index (χ0v) is 17.9. The number of hydrogen-bond donors (Lipinski definition) is 2. The first-order chi connectivity index (χ1) is 11.0. The number of guanidine groups is 1. The second-order valence-corrected chi connectivity index (χ2v) is 6.45. The van der Waals surface area contributed by atoms with E-state index in [2.05, 4.69) is 41.5 Å². The highest BCUT2D eigenvalue weighted by atomic mass is 127. The van der Waals surface area contributed by atoms with E-state index in [0.29, 0.717) is 12.1 Å². The van der Waals surface area contributed by atoms with Crippen LogP contribution in [0.4, 0.5) is 0 Å². The van der Waals surface area contributed by atoms with Crippen LogP contribution in [-0.4, -0.2) is 48.1 Å². The number of hydrogen-bond acceptors (Lipinski definition) is 3. The molecule has 0 amide bonds. The highest BCUT2D eigenvalue weighted by Crippen LogP contribution is 2.15. The summed E-state index contributed by atoms with van der Waals surface area (Å²) in [5.41, 5.74) is 3.67. The van der Waals surface area contributed by atoms with Crippen molar-refractivity contribution >= 4 is 29.9 Å². The number of aryl methyl sites for hydroxylation is 2. The molecule has 1 aromatic heterocycles. The van der Waals surface area contributed by atoms with Gasteiger partial charge in [-0.3, -0.25) is 9.67 Å². The van der Waals surface area contributed by atoms with Crippen LogP contribution in [0.2, 0.25) is 0 Å². The van der Waals surface area contributed by atoms with Crippen molar-refractivity contribution in [3.8, 4) is 0 Å². The van der Waals surface area contributed by atoms with Gasteiger partial charge in [-0.05, 0) is 52.0 Å². The van der Waals surface area contributed by atoms with E-state index in [4.69, 9.17) is 4.74 Å². The topological polar surface area (TPSA) is 63.5 Å². The second-order valence-electron chi connectivity index (χ2n) is 6.45. The van der Waals surface area contributed by atoms with Crippen LogP contribution < -0.4 is 10.6 Å². The number of rotatable bonds is 6. The lowest BCUT2D eigenvalue weighted by atomic mass is 10.1. The molecule has 1 fully saturated rings. The van der Waals surface area contributed by atoms with Gasteiger partial charge in [0.15, 0.2) is 5.96 Å². The van der Waals surface area contributed by atoms with E-state index in [1.807, 2.05) is 18.8 Å². The molecule has 1 aliphatic heterocycles. The fourth-order valence-corrected chi connectivity index (χ4v) is 3.12. The molecule has 0 aliphatic carbocycles. The van der Waals surface area contributed by atoms with Crippen molar-refractivity contribution in [1.29, 1.82) is 0 Å². The predicted molar refractivity (Wildman–Crippen MR) is 109 cm³/mol. The summed E-state index contributed by atoms with van der Waals surface area (Å²) in [4.78, 5) is 4.32. The molecule has 2 heterocycles. The first-order valence-electron chi connectivity index (χ1n) is 8.59. The highest BCUT2D eigenvalue weighted by Gasteiger charge is 2.16. The van der Waals surface area contributed by atoms with Gasteiger partial charge in [0.2, 0.25) is 0 Å². The minimum Gasteiger partial charge on any atom is -0.378 e. The standard InChI is InChI=1S/C17H31N5O.HI/c1-12(11-16-13(2)21-22(5)14(16)3)20-17(18-4)19-9-8-15-7-6-10-23-15;/h12,15H,6-11H2,1-5H3,(H2,18,19,20);1H. The molecule has 2 unspecified atom stereocenters. The first kappa shape index (κ1) is 21.2. The SMILES string of the molecule is CN=C(NCCC1CCCO1)NC(C)Cc1c(C)nn(C)c1C.I. The van der Waals surface area contributed by atoms with Gasteiger partial charge in [0.05, 0.1) is 11.8 Å². The van der Waals surface area contributed by atoms with Gasteiger partial charge < -0.3 is 15.4 Å². The molecule has 0 saturated carbocycles. The van der Waals surface area contributed by atoms with Crippen LogP contribution in [0.1, 0.15) is 43.1 Å². The molecule has 1 aliphatic rings. The van der Waals surface area contributed by atoms with E-state index in [0.717, 1.165) is 37.6 Å². The Kier molecular flexibility index (Phi) is 9.04. The zero-order valence-electron chi connectivity index (χ0n) is 15.6. The Morgan fingerprint density at radius 1 is 1.46 bits per heavy atom. The Hall–Kier alpha value is -0.830. The Bertz CT molecular complexity index is 537. The molecule has 1 aromatic rings. The Balaban J connectivity index is 0.00000288. The molecule has 6 nitrogen and oxygen atoms in total. The summed E-state index contributed by atoms with van der Waals surface area (Å²) in [6.07, 6.45) is 4.77. The van der Waals surface area contributed by atoms with Gasteiger partial charge in [0.1, 0.15) is 0 Å². The van der Waals surface area contributed by atoms with Crippen molar-refractivity contribution in [3.63, 3.8) is 0 Å². The van der Waals surface area contributed by atoms with Crippen LogP contribution >= 0.6 is 24.0 Å². The molecule has 1 saturated heterocycles. The van der Waals surface area contributed by atoms with Crippen molar-refractivity contribution in [3.05, 3.63) is 17.0 Å². The quantitative estimate of drug-likeness (QED) is 0.398. The van der Waals surface area contributed by atoms with E-state index in [-0.39, 0.29) is 24.0 Å². The molecule has 24 heavy (non-hydrogen) atoms. The summed E-state index contributed by atoms with van der Waals surface area (Å²) in [6.45, 7) is 8.18. The third-order valence-electron chi connectivity index (χ3n) is 4.56. The van der Waals surface area contributed by atoms with Gasteiger partial charge in [0, 0.05) is 39.0 Å². The Labute approximate surface area is 162 Å². The fourth-order valence-electron chi connectivity index (χ4n) is 3.12. The normalized spacial score (nSPS) is 19.0. The second kappa shape index (κ2) is 10.2. The molecule has 0 spiro atoms. The third kappa shape index (κ3) is 5.91. The zero-order chi connectivity index (χ0) is 16.8. The summed E-state index contributed by atoms with van der Waals surface area (Å²) >= 11 is 0. The molecule has 2 N–H and O–H groups in total. The summed E-state index contributed by atoms with van der Waals surface area (Å²) in [5.74, 6) is 0.856. The summed E-state index contributed by atoms with van der Waals surface area (Å²) in [7, 11) is 3.81. The molecule has 7 heteroatoms. The van der Waals surface area contributed by atoms with Gasteiger partial charge in [0.25, 0.3) is 0 Å². The average molecular weight is 449 g/mol. The van der Waals surface area contributed by atoms with Crippen molar-refractivity contribution in [2.45, 2.75) is 58.6 Å². The largest absolute Gasteiger partial charge is 0.378 e. The smallest absolute Gasteiger partial charge is 0.191 e. The minimum atomic E-state index is 0. The van der Waals surface area contributed by atoms with E-state index in [1.54, 1.807) is 0 Å². The minimum absolute atomic E-state index is 0. The summed E-state index contributed by atoms with van der Waals surface area (Å²) in [6, 6.07) is 0.297. The highest BCUT2D eigenvalue weighted by molar-refractivity contribution is 14.0. The van der Waals surface area contributed by atoms with Crippen molar-refractivity contribution in [1.82, 2.24) is 20.4 Å². The summed E-state index contributed by atoms with van der Waals surface area (Å²) in [5, 5.41) is 11.3. The van der Waals surface area contributed by atoms with Gasteiger partial charge in [-0.15, -0.1) is 24.0 Å². The molecule has 0 aromatic carbocycles. The molecule has 0 bridgehead atoms. The number of aromatic nitrogens is 2. The van der Waals surface area contributed by atoms with Crippen LogP contribution in [0.15, 0.2) is 4.99 Å². The van der Waals surface area contributed by atoms with Gasteiger partial charge in [-0.1, -0.05) is 0 Å². The molecule has 138 valence electrons. The van der Waals surface area contributed by atoms with Crippen LogP contribution in [0.5, 0.6) is 0 Å². The fraction of sp³-hybridized carbons (Fsp3) is 0.765. The lowest BCUT2D eigenvalue weighted by Gasteiger charge is -2.19. The summed E-state index contributed by atoms with van der Waals surface area (Å²) < 4.78 is 7.60. The van der Waals surface area contributed by atoms with Crippen LogP contribution in [0, 0.1) is 13.8 Å². The van der Waals surface area contributed by atoms with Crippen LogP contribution in [0.3, 0.4) is 0 Å². The van der Waals surface area contributed by atoms with Crippen molar-refractivity contribution in [2.24, 2.45) is 12.0 Å². The van der Waals surface area contributed by atoms with E-state index >= 15 is 0 Å². The van der Waals surface area contributed by atoms with Crippen LogP contribution in [0.25, 0.3) is 0 Å². The number of aliphatic imine (C=N–C) groups is 1. The van der Waals surface area contributed by atoms with Crippen LogP contribution in [-0.2, 0) is 18.2 Å². The molecule has 2 rings (SSSR count). The maximum Gasteiger partial charge on any atom is 0.191 e. The number of nitrogens with zero attached hydrogens (tertiary/aromatic N) is 3. The van der Waals surface area contributed by atoms with Crippen molar-refractivity contribution < 1.29 is 4.74 Å². The van der Waals surface area contributed by atoms with Gasteiger partial charge >= 0.3 is 0 Å². The van der Waals surface area contributed by atoms with E-state index < -0.39 is 0 Å². The number of ether oxygens (including phenoxy) is 1. The monoisotopic (exact) mass is 449 g/mol.